The quantitative estimate of drug-likeness (QED) is 0.0269. The van der Waals surface area contributed by atoms with Crippen LogP contribution < -0.4 is 5.73 Å². The number of carbonyl (C=O) groups excluding carboxylic acids is 2. The maximum Gasteiger partial charge on any atom is 0.472 e. The molecule has 1 unspecified atom stereocenters. The fourth-order valence-corrected chi connectivity index (χ4v) is 7.10. The van der Waals surface area contributed by atoms with Gasteiger partial charge in [0.1, 0.15) is 6.61 Å². The number of esters is 2. The molecule has 0 spiro atoms. The summed E-state index contributed by atoms with van der Waals surface area (Å²) < 4.78 is 32.8. The van der Waals surface area contributed by atoms with Crippen molar-refractivity contribution in [3.8, 4) is 0 Å². The van der Waals surface area contributed by atoms with Gasteiger partial charge in [-0.05, 0) is 38.5 Å². The monoisotopic (exact) mass is 774 g/mol. The number of allylic oxidation sites excluding steroid dienone is 2. The Hall–Kier alpha value is -1.25. The largest absolute Gasteiger partial charge is 0.472 e. The van der Waals surface area contributed by atoms with Gasteiger partial charge in [0, 0.05) is 19.4 Å². The molecule has 0 aliphatic carbocycles. The lowest BCUT2D eigenvalue weighted by Gasteiger charge is -2.19. The summed E-state index contributed by atoms with van der Waals surface area (Å²) in [4.78, 5) is 34.8. The van der Waals surface area contributed by atoms with Gasteiger partial charge >= 0.3 is 19.8 Å². The van der Waals surface area contributed by atoms with Crippen LogP contribution >= 0.6 is 7.82 Å². The summed E-state index contributed by atoms with van der Waals surface area (Å²) in [7, 11) is -4.37. The second-order valence-electron chi connectivity index (χ2n) is 14.9. The molecule has 0 aromatic rings. The maximum atomic E-state index is 12.6. The summed E-state index contributed by atoms with van der Waals surface area (Å²) in [5, 5.41) is 0. The van der Waals surface area contributed by atoms with Crippen LogP contribution in [-0.2, 0) is 32.7 Å². The van der Waals surface area contributed by atoms with Gasteiger partial charge in [-0.15, -0.1) is 0 Å². The van der Waals surface area contributed by atoms with Crippen LogP contribution in [0, 0.1) is 0 Å². The summed E-state index contributed by atoms with van der Waals surface area (Å²) >= 11 is 0. The second kappa shape index (κ2) is 40.4. The standard InChI is InChI=1S/C43H84NO8P/c1-3-5-7-9-11-13-15-17-18-19-20-21-22-24-26-28-30-32-34-36-43(46)52-41(40-51-53(47,48)50-38-37-44)39-49-42(45)35-33-31-29-27-25-23-16-14-12-10-8-6-4-2/h14,16,41H,3-13,15,17-40,44H2,1-2H3,(H,47,48)/b16-14+/t41-/m1/s1. The third kappa shape index (κ3) is 40.2. The minimum atomic E-state index is -4.37. The number of ether oxygens (including phenoxy) is 2. The van der Waals surface area contributed by atoms with E-state index in [1.165, 1.54) is 135 Å². The zero-order valence-electron chi connectivity index (χ0n) is 34.5. The summed E-state index contributed by atoms with van der Waals surface area (Å²) in [6.07, 6.45) is 41.0. The molecule has 0 heterocycles. The lowest BCUT2D eigenvalue weighted by Crippen LogP contribution is -2.29. The van der Waals surface area contributed by atoms with Crippen molar-refractivity contribution in [2.75, 3.05) is 26.4 Å². The minimum absolute atomic E-state index is 0.0552. The number of phosphoric acid groups is 1. The molecule has 0 aromatic heterocycles. The molecule has 0 bridgehead atoms. The molecular weight excluding hydrogens is 689 g/mol. The predicted molar refractivity (Wildman–Crippen MR) is 220 cm³/mol. The van der Waals surface area contributed by atoms with Crippen LogP contribution in [0.2, 0.25) is 0 Å². The molecule has 314 valence electrons. The van der Waals surface area contributed by atoms with Crippen molar-refractivity contribution in [1.29, 1.82) is 0 Å². The molecule has 9 nitrogen and oxygen atoms in total. The van der Waals surface area contributed by atoms with Gasteiger partial charge < -0.3 is 20.1 Å². The lowest BCUT2D eigenvalue weighted by molar-refractivity contribution is -0.161. The minimum Gasteiger partial charge on any atom is -0.462 e. The van der Waals surface area contributed by atoms with Gasteiger partial charge in [-0.2, -0.15) is 0 Å². The van der Waals surface area contributed by atoms with Gasteiger partial charge in [0.25, 0.3) is 0 Å². The fraction of sp³-hybridized carbons (Fsp3) is 0.907. The lowest BCUT2D eigenvalue weighted by atomic mass is 10.0. The van der Waals surface area contributed by atoms with E-state index in [1.54, 1.807) is 0 Å². The van der Waals surface area contributed by atoms with Gasteiger partial charge in [0.2, 0.25) is 0 Å². The van der Waals surface area contributed by atoms with Crippen LogP contribution in [0.25, 0.3) is 0 Å². The maximum absolute atomic E-state index is 12.6. The Morgan fingerprint density at radius 1 is 0.547 bits per heavy atom. The van der Waals surface area contributed by atoms with Crippen molar-refractivity contribution >= 4 is 19.8 Å². The average Bonchev–Trinajstić information content (AvgIpc) is 3.14. The van der Waals surface area contributed by atoms with Gasteiger partial charge in [-0.3, -0.25) is 18.6 Å². The van der Waals surface area contributed by atoms with Crippen LogP contribution in [-0.4, -0.2) is 49.3 Å². The van der Waals surface area contributed by atoms with Crippen molar-refractivity contribution in [3.05, 3.63) is 12.2 Å². The highest BCUT2D eigenvalue weighted by atomic mass is 31.2. The average molecular weight is 774 g/mol. The number of rotatable bonds is 42. The van der Waals surface area contributed by atoms with Crippen molar-refractivity contribution in [1.82, 2.24) is 0 Å². The van der Waals surface area contributed by atoms with E-state index in [0.717, 1.165) is 51.4 Å². The normalized spacial score (nSPS) is 13.4. The number of nitrogens with two attached hydrogens (primary N) is 1. The summed E-state index contributed by atoms with van der Waals surface area (Å²) in [5.74, 6) is -0.828. The highest BCUT2D eigenvalue weighted by Crippen LogP contribution is 2.43. The van der Waals surface area contributed by atoms with Gasteiger partial charge in [-0.1, -0.05) is 180 Å². The Labute approximate surface area is 326 Å². The van der Waals surface area contributed by atoms with Crippen LogP contribution in [0.5, 0.6) is 0 Å². The topological polar surface area (TPSA) is 134 Å². The van der Waals surface area contributed by atoms with Crippen LogP contribution in [0.1, 0.15) is 219 Å². The van der Waals surface area contributed by atoms with Crippen molar-refractivity contribution in [2.24, 2.45) is 5.73 Å². The Morgan fingerprint density at radius 3 is 1.36 bits per heavy atom. The molecule has 53 heavy (non-hydrogen) atoms. The Morgan fingerprint density at radius 2 is 0.925 bits per heavy atom. The highest BCUT2D eigenvalue weighted by Gasteiger charge is 2.26. The van der Waals surface area contributed by atoms with Crippen LogP contribution in [0.4, 0.5) is 0 Å². The number of hydrogen-bond acceptors (Lipinski definition) is 8. The molecule has 0 saturated carbocycles. The molecule has 0 aliphatic rings. The summed E-state index contributed by atoms with van der Waals surface area (Å²) in [6, 6.07) is 0. The molecule has 0 fully saturated rings. The first-order chi connectivity index (χ1) is 25.8. The molecule has 0 radical (unpaired) electrons. The van der Waals surface area contributed by atoms with Gasteiger partial charge in [-0.25, -0.2) is 4.57 Å². The number of phosphoric ester groups is 1. The van der Waals surface area contributed by atoms with Crippen molar-refractivity contribution < 1.29 is 37.6 Å². The molecule has 0 aromatic carbocycles. The fourth-order valence-electron chi connectivity index (χ4n) is 6.34. The van der Waals surface area contributed by atoms with Crippen LogP contribution in [0.15, 0.2) is 12.2 Å². The van der Waals surface area contributed by atoms with E-state index < -0.39 is 26.5 Å². The van der Waals surface area contributed by atoms with E-state index in [-0.39, 0.29) is 38.6 Å². The second-order valence-corrected chi connectivity index (χ2v) is 16.4. The first-order valence-corrected chi connectivity index (χ1v) is 23.7. The zero-order chi connectivity index (χ0) is 38.9. The third-order valence-electron chi connectivity index (χ3n) is 9.65. The summed E-state index contributed by atoms with van der Waals surface area (Å²) in [6.45, 7) is 3.74. The van der Waals surface area contributed by atoms with E-state index in [2.05, 4.69) is 26.0 Å². The van der Waals surface area contributed by atoms with E-state index in [0.29, 0.717) is 6.42 Å². The first kappa shape index (κ1) is 51.8. The predicted octanol–water partition coefficient (Wildman–Crippen LogP) is 12.6. The van der Waals surface area contributed by atoms with Crippen molar-refractivity contribution in [3.63, 3.8) is 0 Å². The molecule has 0 saturated heterocycles. The first-order valence-electron chi connectivity index (χ1n) is 22.2. The highest BCUT2D eigenvalue weighted by molar-refractivity contribution is 7.47. The number of unbranched alkanes of at least 4 members (excludes halogenated alkanes) is 27. The van der Waals surface area contributed by atoms with Gasteiger partial charge in [0.15, 0.2) is 6.10 Å². The molecule has 3 N–H and O–H groups in total. The molecule has 0 aliphatic heterocycles. The van der Waals surface area contributed by atoms with E-state index in [1.807, 2.05) is 0 Å². The van der Waals surface area contributed by atoms with E-state index in [9.17, 15) is 19.0 Å². The third-order valence-corrected chi connectivity index (χ3v) is 10.6. The molecule has 2 atom stereocenters. The van der Waals surface area contributed by atoms with Gasteiger partial charge in [0.05, 0.1) is 13.2 Å². The summed E-state index contributed by atoms with van der Waals surface area (Å²) in [5.41, 5.74) is 5.35. The SMILES string of the molecule is CCCCCC/C=C/CCCCCCCC(=O)OC[C@H](COP(=O)(O)OCCN)OC(=O)CCCCCCCCCCCCCCCCCCCCC. The van der Waals surface area contributed by atoms with E-state index in [4.69, 9.17) is 24.3 Å². The molecule has 10 heteroatoms. The van der Waals surface area contributed by atoms with Crippen LogP contribution in [0.3, 0.4) is 0 Å². The molecule has 0 amide bonds. The molecular formula is C43H84NO8P. The Bertz CT molecular complexity index is 886. The zero-order valence-corrected chi connectivity index (χ0v) is 35.4. The number of carbonyl (C=O) groups is 2. The smallest absolute Gasteiger partial charge is 0.462 e. The number of hydrogen-bond donors (Lipinski definition) is 2. The van der Waals surface area contributed by atoms with Crippen molar-refractivity contribution in [2.45, 2.75) is 225 Å². The van der Waals surface area contributed by atoms with E-state index >= 15 is 0 Å². The molecule has 0 rings (SSSR count). The Balaban J connectivity index is 4.09. The Kier molecular flexibility index (Phi) is 39.5.